The van der Waals surface area contributed by atoms with Gasteiger partial charge in [-0.25, -0.2) is 9.59 Å². The van der Waals surface area contributed by atoms with Crippen LogP contribution in [0.3, 0.4) is 0 Å². The highest BCUT2D eigenvalue weighted by molar-refractivity contribution is 6.01. The first-order valence-electron chi connectivity index (χ1n) is 15.3. The van der Waals surface area contributed by atoms with Gasteiger partial charge < -0.3 is 31.3 Å². The number of nitrogen functional groups attached to an aromatic ring is 2. The molecular formula is C33H53N3O5. The number of unbranched alkanes of at least 4 members (excludes halogenated alkanes) is 10. The molecule has 8 heteroatoms. The van der Waals surface area contributed by atoms with Gasteiger partial charge in [0.25, 0.3) is 0 Å². The molecule has 0 aliphatic carbocycles. The number of rotatable bonds is 18. The summed E-state index contributed by atoms with van der Waals surface area (Å²) in [6.07, 6.45) is 15.0. The molecule has 1 unspecified atom stereocenters. The topological polar surface area (TPSA) is 139 Å². The molecular weight excluding hydrogens is 518 g/mol. The maximum Gasteiger partial charge on any atom is 0.334 e. The molecule has 1 atom stereocenters. The van der Waals surface area contributed by atoms with Crippen molar-refractivity contribution in [3.8, 4) is 0 Å². The number of benzene rings is 1. The molecule has 2 rings (SSSR count). The molecule has 0 radical (unpaired) electrons. The quantitative estimate of drug-likeness (QED) is 0.109. The highest BCUT2D eigenvalue weighted by atomic mass is 16.5. The summed E-state index contributed by atoms with van der Waals surface area (Å²) in [5, 5.41) is 20.7. The summed E-state index contributed by atoms with van der Waals surface area (Å²) < 4.78 is 5.86. The first-order chi connectivity index (χ1) is 19.4. The van der Waals surface area contributed by atoms with Crippen molar-refractivity contribution in [2.24, 2.45) is 0 Å². The second kappa shape index (κ2) is 15.9. The summed E-state index contributed by atoms with van der Waals surface area (Å²) in [5.41, 5.74) is 14.1. The molecule has 6 N–H and O–H groups in total. The Balaban J connectivity index is 2.25. The summed E-state index contributed by atoms with van der Waals surface area (Å²) in [7, 11) is 3.35. The molecule has 0 bridgehead atoms. The van der Waals surface area contributed by atoms with Crippen LogP contribution in [-0.4, -0.2) is 47.3 Å². The van der Waals surface area contributed by atoms with E-state index >= 15 is 0 Å². The maximum absolute atomic E-state index is 12.7. The van der Waals surface area contributed by atoms with Crippen LogP contribution in [0.4, 0.5) is 11.4 Å². The van der Waals surface area contributed by atoms with Gasteiger partial charge in [0, 0.05) is 43.3 Å². The van der Waals surface area contributed by atoms with Crippen LogP contribution in [-0.2, 0) is 26.2 Å². The van der Waals surface area contributed by atoms with Gasteiger partial charge in [-0.15, -0.1) is 0 Å². The van der Waals surface area contributed by atoms with Gasteiger partial charge in [0.1, 0.15) is 0 Å². The largest absolute Gasteiger partial charge is 0.478 e. The van der Waals surface area contributed by atoms with Gasteiger partial charge in [-0.05, 0) is 50.5 Å². The number of carboxylic acid groups (broad SMARTS) is 2. The zero-order chi connectivity index (χ0) is 30.7. The average molecular weight is 572 g/mol. The zero-order valence-corrected chi connectivity index (χ0v) is 26.1. The highest BCUT2D eigenvalue weighted by Crippen LogP contribution is 2.49. The van der Waals surface area contributed by atoms with Gasteiger partial charge >= 0.3 is 11.9 Å². The maximum atomic E-state index is 12.7. The molecule has 1 aliphatic heterocycles. The minimum atomic E-state index is -1.48. The third kappa shape index (κ3) is 8.28. The Morgan fingerprint density at radius 1 is 0.878 bits per heavy atom. The van der Waals surface area contributed by atoms with E-state index in [-0.39, 0.29) is 17.3 Å². The second-order valence-electron chi connectivity index (χ2n) is 11.7. The zero-order valence-electron chi connectivity index (χ0n) is 26.1. The van der Waals surface area contributed by atoms with Crippen LogP contribution in [0.25, 0.3) is 0 Å². The third-order valence-corrected chi connectivity index (χ3v) is 8.90. The van der Waals surface area contributed by atoms with Crippen LogP contribution >= 0.6 is 0 Å². The summed E-state index contributed by atoms with van der Waals surface area (Å²) >= 11 is 0. The van der Waals surface area contributed by atoms with E-state index < -0.39 is 17.4 Å². The number of aliphatic carboxylic acids is 2. The Kier molecular flexibility index (Phi) is 13.2. The molecule has 230 valence electrons. The molecule has 1 aliphatic rings. The second-order valence-corrected chi connectivity index (χ2v) is 11.7. The normalized spacial score (nSPS) is 15.9. The van der Waals surface area contributed by atoms with E-state index in [0.717, 1.165) is 19.3 Å². The van der Waals surface area contributed by atoms with Crippen LogP contribution in [0.1, 0.15) is 116 Å². The molecule has 41 heavy (non-hydrogen) atoms. The predicted molar refractivity (Wildman–Crippen MR) is 167 cm³/mol. The van der Waals surface area contributed by atoms with Gasteiger partial charge in [0.05, 0.1) is 22.7 Å². The first kappa shape index (κ1) is 34.2. The molecule has 8 nitrogen and oxygen atoms in total. The van der Waals surface area contributed by atoms with E-state index in [2.05, 4.69) is 6.92 Å². The van der Waals surface area contributed by atoms with Gasteiger partial charge in [-0.3, -0.25) is 0 Å². The van der Waals surface area contributed by atoms with Crippen molar-refractivity contribution in [3.63, 3.8) is 0 Å². The van der Waals surface area contributed by atoms with E-state index in [0.29, 0.717) is 40.3 Å². The molecule has 1 aromatic rings. The number of carbonyl (C=O) groups is 2. The van der Waals surface area contributed by atoms with E-state index in [1.165, 1.54) is 57.8 Å². The van der Waals surface area contributed by atoms with Crippen LogP contribution in [0.15, 0.2) is 34.7 Å². The number of carboxylic acids is 2. The van der Waals surface area contributed by atoms with E-state index in [4.69, 9.17) is 16.2 Å². The Morgan fingerprint density at radius 3 is 1.78 bits per heavy atom. The number of ether oxygens (including phenoxy) is 1. The lowest BCUT2D eigenvalue weighted by molar-refractivity contribution is -0.134. The lowest BCUT2D eigenvalue weighted by atomic mass is 9.65. The minimum Gasteiger partial charge on any atom is -0.478 e. The van der Waals surface area contributed by atoms with Gasteiger partial charge in [0.2, 0.25) is 0 Å². The summed E-state index contributed by atoms with van der Waals surface area (Å²) in [6, 6.07) is 3.33. The number of anilines is 2. The molecule has 1 aromatic carbocycles. The predicted octanol–water partition coefficient (Wildman–Crippen LogP) is 7.03. The number of nitrogens with two attached hydrogens (primary N) is 2. The SMILES string of the molecule is CCCCCCCCCCCCCC(Cc1c(N)cc(N)cc1C1(C)C(C(=O)O)=C(C)N(C)C(C)=C1C(=O)O)OC. The summed E-state index contributed by atoms with van der Waals surface area (Å²) in [6.45, 7) is 7.30. The van der Waals surface area contributed by atoms with Crippen molar-refractivity contribution in [3.05, 3.63) is 45.8 Å². The minimum absolute atomic E-state index is 0.00594. The fraction of sp³-hybridized carbons (Fsp3) is 0.636. The molecule has 1 heterocycles. The fourth-order valence-electron chi connectivity index (χ4n) is 6.40. The van der Waals surface area contributed by atoms with Crippen molar-refractivity contribution >= 4 is 23.3 Å². The molecule has 0 amide bonds. The van der Waals surface area contributed by atoms with E-state index in [9.17, 15) is 19.8 Å². The number of hydrogen-bond donors (Lipinski definition) is 4. The Morgan fingerprint density at radius 2 is 1.34 bits per heavy atom. The van der Waals surface area contributed by atoms with Crippen LogP contribution in [0.5, 0.6) is 0 Å². The third-order valence-electron chi connectivity index (χ3n) is 8.90. The van der Waals surface area contributed by atoms with Crippen LogP contribution < -0.4 is 11.5 Å². The first-order valence-corrected chi connectivity index (χ1v) is 15.3. The van der Waals surface area contributed by atoms with Crippen molar-refractivity contribution in [2.45, 2.75) is 123 Å². The number of nitrogens with zero attached hydrogens (tertiary/aromatic N) is 1. The summed E-state index contributed by atoms with van der Waals surface area (Å²) in [5.74, 6) is -2.36. The Labute approximate surface area is 246 Å². The smallest absolute Gasteiger partial charge is 0.334 e. The van der Waals surface area contributed by atoms with Crippen molar-refractivity contribution in [2.75, 3.05) is 25.6 Å². The fourth-order valence-corrected chi connectivity index (χ4v) is 6.40. The Bertz CT molecular complexity index is 1090. The molecule has 0 spiro atoms. The molecule has 0 aromatic heterocycles. The highest BCUT2D eigenvalue weighted by Gasteiger charge is 2.49. The monoisotopic (exact) mass is 571 g/mol. The lowest BCUT2D eigenvalue weighted by Crippen LogP contribution is -2.44. The number of allylic oxidation sites excluding steroid dienone is 2. The standard InChI is InChI=1S/C33H53N3O5/c1-7-8-9-10-11-12-13-14-15-16-17-18-25(41-6)21-26-27(19-24(34)20-28(26)35)33(4)29(31(37)38)22(2)36(5)23(3)30(33)32(39)40/h19-20,25H,7-18,21,34-35H2,1-6H3,(H,37,38)(H,39,40). The summed E-state index contributed by atoms with van der Waals surface area (Å²) in [4.78, 5) is 27.0. The Hall–Kier alpha value is -3.00. The molecule has 0 saturated heterocycles. The van der Waals surface area contributed by atoms with Gasteiger partial charge in [-0.1, -0.05) is 77.6 Å². The van der Waals surface area contributed by atoms with Crippen molar-refractivity contribution < 1.29 is 24.5 Å². The van der Waals surface area contributed by atoms with E-state index in [1.807, 2.05) is 0 Å². The molecule has 0 saturated carbocycles. The van der Waals surface area contributed by atoms with Gasteiger partial charge in [0.15, 0.2) is 0 Å². The van der Waals surface area contributed by atoms with Crippen molar-refractivity contribution in [1.82, 2.24) is 4.90 Å². The number of hydrogen-bond acceptors (Lipinski definition) is 6. The van der Waals surface area contributed by atoms with Crippen LogP contribution in [0, 0.1) is 0 Å². The lowest BCUT2D eigenvalue weighted by Gasteiger charge is -2.42. The van der Waals surface area contributed by atoms with E-state index in [1.54, 1.807) is 52.0 Å². The molecule has 0 fully saturated rings. The van der Waals surface area contributed by atoms with Gasteiger partial charge in [-0.2, -0.15) is 0 Å². The number of methoxy groups -OCH3 is 1. The average Bonchev–Trinajstić information content (AvgIpc) is 2.90. The van der Waals surface area contributed by atoms with Crippen molar-refractivity contribution in [1.29, 1.82) is 0 Å². The van der Waals surface area contributed by atoms with Crippen LogP contribution in [0.2, 0.25) is 0 Å².